The average molecular weight is 337 g/mol. The van der Waals surface area contributed by atoms with Crippen molar-refractivity contribution >= 4 is 17.1 Å². The fraction of sp³-hybridized carbons (Fsp3) is 0.231. The Morgan fingerprint density at radius 3 is 2.23 bits per heavy atom. The van der Waals surface area contributed by atoms with E-state index < -0.39 is 28.5 Å². The molecule has 2 aromatic rings. The highest BCUT2D eigenvalue weighted by Crippen LogP contribution is 2.45. The van der Waals surface area contributed by atoms with Gasteiger partial charge in [-0.15, -0.1) is 11.3 Å². The molecule has 0 amide bonds. The molecule has 0 radical (unpaired) electrons. The zero-order chi connectivity index (χ0) is 16.5. The Hall–Kier alpha value is -2.03. The zero-order valence-electron chi connectivity index (χ0n) is 10.9. The summed E-state index contributed by atoms with van der Waals surface area (Å²) in [7, 11) is 1.39. The molecule has 1 heterocycles. The summed E-state index contributed by atoms with van der Waals surface area (Å²) in [5.74, 6) is -5.73. The van der Waals surface area contributed by atoms with Gasteiger partial charge in [0.05, 0.1) is 12.6 Å². The number of ketones is 1. The van der Waals surface area contributed by atoms with Gasteiger partial charge in [0.1, 0.15) is 16.3 Å². The summed E-state index contributed by atoms with van der Waals surface area (Å²) in [5.41, 5.74) is -0.832. The average Bonchev–Trinajstić information content (AvgIpc) is 2.95. The maximum absolute atomic E-state index is 13.4. The summed E-state index contributed by atoms with van der Waals surface area (Å²) in [6.45, 7) is 0. The first-order chi connectivity index (χ1) is 10.2. The van der Waals surface area contributed by atoms with Crippen molar-refractivity contribution in [1.29, 1.82) is 0 Å². The van der Waals surface area contributed by atoms with Gasteiger partial charge in [0, 0.05) is 5.56 Å². The number of benzene rings is 1. The monoisotopic (exact) mass is 337 g/mol. The van der Waals surface area contributed by atoms with E-state index in [2.05, 4.69) is 4.98 Å². The molecule has 0 unspecified atom stereocenters. The van der Waals surface area contributed by atoms with Crippen molar-refractivity contribution in [3.05, 3.63) is 45.9 Å². The molecule has 0 fully saturated rings. The first-order valence-electron chi connectivity index (χ1n) is 5.75. The van der Waals surface area contributed by atoms with Gasteiger partial charge in [-0.2, -0.15) is 22.0 Å². The predicted molar refractivity (Wildman–Crippen MR) is 68.5 cm³/mol. The van der Waals surface area contributed by atoms with Crippen LogP contribution in [0.25, 0.3) is 0 Å². The van der Waals surface area contributed by atoms with Crippen LogP contribution >= 0.6 is 11.3 Å². The molecule has 0 aliphatic heterocycles. The molecule has 1 aromatic heterocycles. The molecular weight excluding hydrogens is 329 g/mol. The van der Waals surface area contributed by atoms with Gasteiger partial charge in [0.15, 0.2) is 0 Å². The van der Waals surface area contributed by atoms with Crippen LogP contribution in [0.5, 0.6) is 5.75 Å². The summed E-state index contributed by atoms with van der Waals surface area (Å²) in [5, 5.41) is 0. The lowest BCUT2D eigenvalue weighted by Gasteiger charge is -2.18. The van der Waals surface area contributed by atoms with Crippen molar-refractivity contribution in [3.63, 3.8) is 0 Å². The standard InChI is InChI=1S/C13H8F5NO2S/c1-21-8-4-2-7(3-5-8)9(20)10-11(19-6-22-10)12(14,15)13(16,17)18/h2-6H,1H3. The molecule has 22 heavy (non-hydrogen) atoms. The molecule has 0 spiro atoms. The van der Waals surface area contributed by atoms with Gasteiger partial charge in [0.2, 0.25) is 5.78 Å². The highest BCUT2D eigenvalue weighted by molar-refractivity contribution is 7.12. The number of hydrogen-bond acceptors (Lipinski definition) is 4. The number of carbonyl (C=O) groups excluding carboxylic acids is 1. The summed E-state index contributed by atoms with van der Waals surface area (Å²) in [6.07, 6.45) is -5.82. The Morgan fingerprint density at radius 1 is 1.14 bits per heavy atom. The van der Waals surface area contributed by atoms with Gasteiger partial charge >= 0.3 is 12.1 Å². The zero-order valence-corrected chi connectivity index (χ0v) is 11.8. The van der Waals surface area contributed by atoms with Crippen LogP contribution < -0.4 is 4.74 Å². The quantitative estimate of drug-likeness (QED) is 0.624. The number of carbonyl (C=O) groups is 1. The lowest BCUT2D eigenvalue weighted by Crippen LogP contribution is -2.35. The van der Waals surface area contributed by atoms with E-state index in [4.69, 9.17) is 4.74 Å². The third kappa shape index (κ3) is 2.80. The topological polar surface area (TPSA) is 39.2 Å². The molecule has 0 saturated carbocycles. The fourth-order valence-electron chi connectivity index (χ4n) is 1.64. The summed E-state index contributed by atoms with van der Waals surface area (Å²) < 4.78 is 69.0. The van der Waals surface area contributed by atoms with E-state index in [1.54, 1.807) is 0 Å². The molecule has 0 N–H and O–H groups in total. The molecule has 9 heteroatoms. The molecule has 2 rings (SSSR count). The van der Waals surface area contributed by atoms with Crippen molar-refractivity contribution < 1.29 is 31.5 Å². The smallest absolute Gasteiger partial charge is 0.459 e. The number of nitrogens with zero attached hydrogens (tertiary/aromatic N) is 1. The third-order valence-corrected chi connectivity index (χ3v) is 3.60. The number of ether oxygens (including phenoxy) is 1. The number of aromatic nitrogens is 1. The van der Waals surface area contributed by atoms with E-state index in [0.29, 0.717) is 17.1 Å². The van der Waals surface area contributed by atoms with Crippen LogP contribution in [0.1, 0.15) is 20.9 Å². The third-order valence-electron chi connectivity index (χ3n) is 2.78. The van der Waals surface area contributed by atoms with E-state index in [1.165, 1.54) is 31.4 Å². The minimum absolute atomic E-state index is 0.0377. The van der Waals surface area contributed by atoms with Crippen LogP contribution in [0.3, 0.4) is 0 Å². The second-order valence-corrected chi connectivity index (χ2v) is 5.01. The van der Waals surface area contributed by atoms with Crippen LogP contribution in [0.2, 0.25) is 0 Å². The Labute approximate surface area is 125 Å². The number of alkyl halides is 5. The van der Waals surface area contributed by atoms with Gasteiger partial charge in [-0.25, -0.2) is 4.98 Å². The number of methoxy groups -OCH3 is 1. The SMILES string of the molecule is COc1ccc(C(=O)c2scnc2C(F)(F)C(F)(F)F)cc1. The van der Waals surface area contributed by atoms with Gasteiger partial charge in [0.25, 0.3) is 0 Å². The van der Waals surface area contributed by atoms with E-state index in [1.807, 2.05) is 0 Å². The largest absolute Gasteiger partial charge is 0.497 e. The van der Waals surface area contributed by atoms with Crippen LogP contribution in [0, 0.1) is 0 Å². The Bertz CT molecular complexity index is 678. The minimum Gasteiger partial charge on any atom is -0.497 e. The molecular formula is C13H8F5NO2S. The lowest BCUT2D eigenvalue weighted by atomic mass is 10.1. The minimum atomic E-state index is -5.82. The first-order valence-corrected chi connectivity index (χ1v) is 6.63. The first kappa shape index (κ1) is 16.3. The highest BCUT2D eigenvalue weighted by Gasteiger charge is 2.61. The number of rotatable bonds is 4. The Kier molecular flexibility index (Phi) is 4.19. The van der Waals surface area contributed by atoms with Crippen molar-refractivity contribution in [3.8, 4) is 5.75 Å². The molecule has 118 valence electrons. The molecule has 0 aliphatic rings. The van der Waals surface area contributed by atoms with E-state index in [9.17, 15) is 26.7 Å². The fourth-order valence-corrected chi connectivity index (χ4v) is 2.42. The van der Waals surface area contributed by atoms with Crippen molar-refractivity contribution in [2.45, 2.75) is 12.1 Å². The molecule has 0 saturated heterocycles. The predicted octanol–water partition coefficient (Wildman–Crippen LogP) is 4.04. The maximum atomic E-state index is 13.4. The second kappa shape index (κ2) is 5.64. The van der Waals surface area contributed by atoms with Crippen LogP contribution in [-0.2, 0) is 5.92 Å². The molecule has 3 nitrogen and oxygen atoms in total. The van der Waals surface area contributed by atoms with Crippen molar-refractivity contribution in [1.82, 2.24) is 4.98 Å². The second-order valence-electron chi connectivity index (χ2n) is 4.16. The molecule has 1 aromatic carbocycles. The Balaban J connectivity index is 2.42. The highest BCUT2D eigenvalue weighted by atomic mass is 32.1. The van der Waals surface area contributed by atoms with Crippen LogP contribution in [0.4, 0.5) is 22.0 Å². The lowest BCUT2D eigenvalue weighted by molar-refractivity contribution is -0.290. The van der Waals surface area contributed by atoms with Gasteiger partial charge in [-0.3, -0.25) is 4.79 Å². The van der Waals surface area contributed by atoms with Gasteiger partial charge in [-0.1, -0.05) is 0 Å². The molecule has 0 atom stereocenters. The van der Waals surface area contributed by atoms with E-state index in [-0.39, 0.29) is 5.56 Å². The Morgan fingerprint density at radius 2 is 1.73 bits per heavy atom. The molecule has 0 bridgehead atoms. The van der Waals surface area contributed by atoms with Gasteiger partial charge in [-0.05, 0) is 24.3 Å². The normalized spacial score (nSPS) is 12.3. The van der Waals surface area contributed by atoms with Crippen molar-refractivity contribution in [2.75, 3.05) is 7.11 Å². The summed E-state index contributed by atoms with van der Waals surface area (Å²) >= 11 is 0.434. The van der Waals surface area contributed by atoms with E-state index in [0.717, 1.165) is 5.51 Å². The number of halogens is 5. The summed E-state index contributed by atoms with van der Waals surface area (Å²) in [4.78, 5) is 14.4. The summed E-state index contributed by atoms with van der Waals surface area (Å²) in [6, 6.07) is 5.35. The number of hydrogen-bond donors (Lipinski definition) is 0. The van der Waals surface area contributed by atoms with Crippen molar-refractivity contribution in [2.24, 2.45) is 0 Å². The van der Waals surface area contributed by atoms with E-state index >= 15 is 0 Å². The van der Waals surface area contributed by atoms with Gasteiger partial charge < -0.3 is 4.74 Å². The molecule has 0 aliphatic carbocycles. The van der Waals surface area contributed by atoms with Crippen LogP contribution in [0.15, 0.2) is 29.8 Å². The number of thiazole rings is 1. The maximum Gasteiger partial charge on any atom is 0.459 e. The van der Waals surface area contributed by atoms with Crippen LogP contribution in [-0.4, -0.2) is 24.1 Å².